The van der Waals surface area contributed by atoms with Gasteiger partial charge in [0.2, 0.25) is 5.91 Å². The molecule has 1 aromatic carbocycles. The van der Waals surface area contributed by atoms with E-state index in [2.05, 4.69) is 5.32 Å². The second kappa shape index (κ2) is 6.02. The summed E-state index contributed by atoms with van der Waals surface area (Å²) in [6.45, 7) is 7.27. The van der Waals surface area contributed by atoms with Gasteiger partial charge in [0.15, 0.2) is 0 Å². The van der Waals surface area contributed by atoms with Crippen LogP contribution in [0.15, 0.2) is 18.2 Å². The molecule has 0 spiro atoms. The van der Waals surface area contributed by atoms with Gasteiger partial charge in [-0.3, -0.25) is 4.79 Å². The van der Waals surface area contributed by atoms with E-state index in [0.717, 1.165) is 5.56 Å². The van der Waals surface area contributed by atoms with Crippen LogP contribution in [0.2, 0.25) is 0 Å². The van der Waals surface area contributed by atoms with Crippen molar-refractivity contribution >= 4 is 11.6 Å². The lowest BCUT2D eigenvalue weighted by molar-refractivity contribution is -0.114. The van der Waals surface area contributed by atoms with E-state index in [-0.39, 0.29) is 11.7 Å². The molecular weight excluding hydrogens is 178 g/mol. The Hall–Kier alpha value is -1.51. The van der Waals surface area contributed by atoms with Gasteiger partial charge >= 0.3 is 0 Å². The van der Waals surface area contributed by atoms with Crippen LogP contribution in [0.25, 0.3) is 0 Å². The first kappa shape index (κ1) is 12.5. The largest absolute Gasteiger partial charge is 0.506 e. The van der Waals surface area contributed by atoms with Crippen LogP contribution in [-0.4, -0.2) is 11.0 Å². The molecule has 78 valence electrons. The fraction of sp³-hybridized carbons (Fsp3) is 0.364. The summed E-state index contributed by atoms with van der Waals surface area (Å²) in [6.07, 6.45) is 0. The van der Waals surface area contributed by atoms with Crippen molar-refractivity contribution in [1.82, 2.24) is 0 Å². The third kappa shape index (κ3) is 3.94. The van der Waals surface area contributed by atoms with E-state index in [1.54, 1.807) is 12.1 Å². The third-order valence-corrected chi connectivity index (χ3v) is 1.46. The van der Waals surface area contributed by atoms with E-state index >= 15 is 0 Å². The first-order valence-corrected chi connectivity index (χ1v) is 4.67. The number of benzene rings is 1. The minimum Gasteiger partial charge on any atom is -0.506 e. The summed E-state index contributed by atoms with van der Waals surface area (Å²) in [4.78, 5) is 10.6. The number of aromatic hydroxyl groups is 1. The Bertz CT molecular complexity index is 308. The van der Waals surface area contributed by atoms with Gasteiger partial charge in [0.1, 0.15) is 5.75 Å². The monoisotopic (exact) mass is 195 g/mol. The second-order valence-electron chi connectivity index (χ2n) is 2.70. The highest BCUT2D eigenvalue weighted by molar-refractivity contribution is 5.90. The number of carbonyl (C=O) groups excluding carboxylic acids is 1. The predicted molar refractivity (Wildman–Crippen MR) is 58.5 cm³/mol. The molecule has 14 heavy (non-hydrogen) atoms. The SMILES string of the molecule is CC.CC(=O)Nc1ccc(C)cc1O. The Labute approximate surface area is 84.8 Å². The van der Waals surface area contributed by atoms with Crippen LogP contribution in [-0.2, 0) is 4.79 Å². The first-order valence-electron chi connectivity index (χ1n) is 4.67. The molecule has 0 radical (unpaired) electrons. The first-order chi connectivity index (χ1) is 6.59. The summed E-state index contributed by atoms with van der Waals surface area (Å²) in [6, 6.07) is 5.10. The number of hydrogen-bond acceptors (Lipinski definition) is 2. The van der Waals surface area contributed by atoms with E-state index in [4.69, 9.17) is 0 Å². The molecule has 0 heterocycles. The maximum Gasteiger partial charge on any atom is 0.221 e. The standard InChI is InChI=1S/C9H11NO2.C2H6/c1-6-3-4-8(9(12)5-6)10-7(2)11;1-2/h3-5,12H,1-2H3,(H,10,11);1-2H3. The number of phenolic OH excluding ortho intramolecular Hbond substituents is 1. The van der Waals surface area contributed by atoms with Crippen LogP contribution in [0.5, 0.6) is 5.75 Å². The summed E-state index contributed by atoms with van der Waals surface area (Å²) in [5.41, 5.74) is 1.41. The number of carbonyl (C=O) groups is 1. The lowest BCUT2D eigenvalue weighted by Gasteiger charge is -2.04. The highest BCUT2D eigenvalue weighted by Crippen LogP contribution is 2.23. The zero-order chi connectivity index (χ0) is 11.1. The average molecular weight is 195 g/mol. The van der Waals surface area contributed by atoms with Crippen molar-refractivity contribution in [1.29, 1.82) is 0 Å². The summed E-state index contributed by atoms with van der Waals surface area (Å²) in [5, 5.41) is 11.8. The minimum absolute atomic E-state index is 0.102. The molecule has 1 aromatic rings. The molecule has 0 aromatic heterocycles. The van der Waals surface area contributed by atoms with Gasteiger partial charge in [0.25, 0.3) is 0 Å². The highest BCUT2D eigenvalue weighted by atomic mass is 16.3. The van der Waals surface area contributed by atoms with E-state index < -0.39 is 0 Å². The zero-order valence-corrected chi connectivity index (χ0v) is 9.09. The van der Waals surface area contributed by atoms with Gasteiger partial charge in [-0.25, -0.2) is 0 Å². The van der Waals surface area contributed by atoms with E-state index in [1.165, 1.54) is 6.92 Å². The molecule has 0 aliphatic rings. The Balaban J connectivity index is 0.000000791. The Morgan fingerprint density at radius 2 is 1.93 bits per heavy atom. The lowest BCUT2D eigenvalue weighted by Crippen LogP contribution is -2.05. The molecule has 0 atom stereocenters. The molecule has 1 rings (SSSR count). The van der Waals surface area contributed by atoms with Crippen LogP contribution in [0.1, 0.15) is 26.3 Å². The predicted octanol–water partition coefficient (Wildman–Crippen LogP) is 2.69. The number of hydrogen-bond donors (Lipinski definition) is 2. The molecule has 0 aliphatic carbocycles. The molecule has 0 saturated carbocycles. The summed E-state index contributed by atoms with van der Waals surface area (Å²) >= 11 is 0. The normalized spacial score (nSPS) is 8.57. The van der Waals surface area contributed by atoms with E-state index in [9.17, 15) is 9.90 Å². The fourth-order valence-corrected chi connectivity index (χ4v) is 0.937. The Morgan fingerprint density at radius 1 is 1.36 bits per heavy atom. The number of amides is 1. The third-order valence-electron chi connectivity index (χ3n) is 1.46. The van der Waals surface area contributed by atoms with Gasteiger partial charge in [-0.1, -0.05) is 19.9 Å². The molecule has 1 amide bonds. The van der Waals surface area contributed by atoms with Crippen molar-refractivity contribution < 1.29 is 9.90 Å². The zero-order valence-electron chi connectivity index (χ0n) is 9.09. The van der Waals surface area contributed by atoms with Crippen LogP contribution in [0.3, 0.4) is 0 Å². The van der Waals surface area contributed by atoms with Crippen LogP contribution in [0, 0.1) is 6.92 Å². The van der Waals surface area contributed by atoms with Crippen molar-refractivity contribution in [2.45, 2.75) is 27.7 Å². The summed E-state index contributed by atoms with van der Waals surface area (Å²) in [5.74, 6) is -0.0839. The van der Waals surface area contributed by atoms with Crippen molar-refractivity contribution in [3.63, 3.8) is 0 Å². The van der Waals surface area contributed by atoms with E-state index in [1.807, 2.05) is 26.8 Å². The second-order valence-corrected chi connectivity index (χ2v) is 2.70. The van der Waals surface area contributed by atoms with E-state index in [0.29, 0.717) is 5.69 Å². The molecule has 0 unspecified atom stereocenters. The Kier molecular flexibility index (Phi) is 5.37. The quantitative estimate of drug-likeness (QED) is 0.677. The number of anilines is 1. The topological polar surface area (TPSA) is 49.3 Å². The molecule has 0 fully saturated rings. The van der Waals surface area contributed by atoms with Crippen molar-refractivity contribution in [2.24, 2.45) is 0 Å². The molecule has 0 bridgehead atoms. The minimum atomic E-state index is -0.186. The molecule has 3 heteroatoms. The molecule has 0 saturated heterocycles. The number of rotatable bonds is 1. The molecular formula is C11H17NO2. The highest BCUT2D eigenvalue weighted by Gasteiger charge is 2.01. The molecule has 3 nitrogen and oxygen atoms in total. The maximum absolute atomic E-state index is 10.6. The smallest absolute Gasteiger partial charge is 0.221 e. The van der Waals surface area contributed by atoms with Gasteiger partial charge in [0, 0.05) is 6.92 Å². The van der Waals surface area contributed by atoms with Crippen molar-refractivity contribution in [3.05, 3.63) is 23.8 Å². The molecule has 0 aliphatic heterocycles. The number of phenols is 1. The van der Waals surface area contributed by atoms with Gasteiger partial charge < -0.3 is 10.4 Å². The maximum atomic E-state index is 10.6. The number of aryl methyl sites for hydroxylation is 1. The van der Waals surface area contributed by atoms with Crippen LogP contribution >= 0.6 is 0 Å². The van der Waals surface area contributed by atoms with Gasteiger partial charge in [0.05, 0.1) is 5.69 Å². The fourth-order valence-electron chi connectivity index (χ4n) is 0.937. The Morgan fingerprint density at radius 3 is 2.36 bits per heavy atom. The van der Waals surface area contributed by atoms with Crippen LogP contribution in [0.4, 0.5) is 5.69 Å². The van der Waals surface area contributed by atoms with Crippen LogP contribution < -0.4 is 5.32 Å². The van der Waals surface area contributed by atoms with Gasteiger partial charge in [-0.15, -0.1) is 0 Å². The molecule has 2 N–H and O–H groups in total. The van der Waals surface area contributed by atoms with Gasteiger partial charge in [-0.2, -0.15) is 0 Å². The van der Waals surface area contributed by atoms with Gasteiger partial charge in [-0.05, 0) is 24.6 Å². The number of nitrogens with one attached hydrogen (secondary N) is 1. The summed E-state index contributed by atoms with van der Waals surface area (Å²) in [7, 11) is 0. The van der Waals surface area contributed by atoms with Crippen molar-refractivity contribution in [2.75, 3.05) is 5.32 Å². The lowest BCUT2D eigenvalue weighted by atomic mass is 10.2. The summed E-state index contributed by atoms with van der Waals surface area (Å²) < 4.78 is 0. The van der Waals surface area contributed by atoms with Crippen molar-refractivity contribution in [3.8, 4) is 5.75 Å². The average Bonchev–Trinajstić information content (AvgIpc) is 2.13.